The van der Waals surface area contributed by atoms with Gasteiger partial charge < -0.3 is 10.0 Å². The van der Waals surface area contributed by atoms with Crippen LogP contribution in [0.2, 0.25) is 0 Å². The predicted octanol–water partition coefficient (Wildman–Crippen LogP) is 0.771. The molecule has 7 nitrogen and oxygen atoms in total. The molecule has 2 rings (SSSR count). The van der Waals surface area contributed by atoms with Gasteiger partial charge in [-0.25, -0.2) is 8.42 Å². The van der Waals surface area contributed by atoms with Crippen LogP contribution in [-0.4, -0.2) is 78.4 Å². The number of carboxylic acids is 1. The number of nitrogens with zero attached hydrogens (tertiary/aromatic N) is 2. The van der Waals surface area contributed by atoms with Gasteiger partial charge in [0, 0.05) is 12.1 Å². The van der Waals surface area contributed by atoms with Crippen molar-refractivity contribution < 1.29 is 23.1 Å². The highest BCUT2D eigenvalue weighted by Crippen LogP contribution is 2.29. The molecule has 0 bridgehead atoms. The van der Waals surface area contributed by atoms with Crippen LogP contribution in [0.25, 0.3) is 0 Å². The van der Waals surface area contributed by atoms with Gasteiger partial charge in [-0.1, -0.05) is 12.8 Å². The Morgan fingerprint density at radius 1 is 1.17 bits per heavy atom. The Morgan fingerprint density at radius 3 is 2.21 bits per heavy atom. The molecule has 24 heavy (non-hydrogen) atoms. The average molecular weight is 383 g/mol. The zero-order chi connectivity index (χ0) is 17.2. The molecule has 1 aliphatic heterocycles. The minimum atomic E-state index is -3.06. The Hall–Kier alpha value is -0.860. The zero-order valence-electron chi connectivity index (χ0n) is 14.2. The second kappa shape index (κ2) is 8.49. The Kier molecular flexibility index (Phi) is 7.49. The lowest BCUT2D eigenvalue weighted by Crippen LogP contribution is -2.51. The number of rotatable bonds is 6. The van der Waals surface area contributed by atoms with E-state index in [-0.39, 0.29) is 48.4 Å². The molecular formula is C15H27ClN2O5S. The van der Waals surface area contributed by atoms with Gasteiger partial charge in [-0.15, -0.1) is 12.4 Å². The van der Waals surface area contributed by atoms with Gasteiger partial charge in [0.15, 0.2) is 9.84 Å². The fraction of sp³-hybridized carbons (Fsp3) is 0.867. The molecule has 2 fully saturated rings. The van der Waals surface area contributed by atoms with Crippen molar-refractivity contribution in [3.63, 3.8) is 0 Å². The maximum absolute atomic E-state index is 12.8. The number of hydrogen-bond donors (Lipinski definition) is 1. The molecule has 2 aliphatic rings. The Balaban J connectivity index is 0.00000288. The van der Waals surface area contributed by atoms with Gasteiger partial charge in [-0.2, -0.15) is 0 Å². The van der Waals surface area contributed by atoms with Gasteiger partial charge in [-0.3, -0.25) is 14.5 Å². The molecule has 1 aliphatic carbocycles. The van der Waals surface area contributed by atoms with Crippen LogP contribution >= 0.6 is 12.4 Å². The summed E-state index contributed by atoms with van der Waals surface area (Å²) in [5.41, 5.74) is 0. The van der Waals surface area contributed by atoms with E-state index < -0.39 is 21.8 Å². The standard InChI is InChI=1S/C15H26N2O5S.ClH/c1-11(15(19)20)16(2)9-14(18)17(12-5-3-4-6-12)13-7-8-23(21,22)10-13;/h11-13H,3-10H2,1-2H3,(H,19,20);1H. The number of amides is 1. The minimum absolute atomic E-state index is 0. The van der Waals surface area contributed by atoms with Gasteiger partial charge in [-0.05, 0) is 33.2 Å². The normalized spacial score (nSPS) is 24.5. The molecule has 140 valence electrons. The summed E-state index contributed by atoms with van der Waals surface area (Å²) in [7, 11) is -1.46. The zero-order valence-corrected chi connectivity index (χ0v) is 15.8. The monoisotopic (exact) mass is 382 g/mol. The van der Waals surface area contributed by atoms with Crippen LogP contribution in [0.15, 0.2) is 0 Å². The third kappa shape index (κ3) is 5.07. The predicted molar refractivity (Wildman–Crippen MR) is 93.1 cm³/mol. The lowest BCUT2D eigenvalue weighted by molar-refractivity contribution is -0.144. The first kappa shape index (κ1) is 21.2. The highest BCUT2D eigenvalue weighted by atomic mass is 35.5. The van der Waals surface area contributed by atoms with E-state index >= 15 is 0 Å². The topological polar surface area (TPSA) is 95.0 Å². The lowest BCUT2D eigenvalue weighted by atomic mass is 10.1. The first-order valence-corrected chi connectivity index (χ1v) is 9.98. The first-order chi connectivity index (χ1) is 10.7. The summed E-state index contributed by atoms with van der Waals surface area (Å²) >= 11 is 0. The lowest BCUT2D eigenvalue weighted by Gasteiger charge is -2.35. The van der Waals surface area contributed by atoms with Crippen LogP contribution in [0.1, 0.15) is 39.0 Å². The summed E-state index contributed by atoms with van der Waals surface area (Å²) in [6, 6.07) is -0.921. The molecule has 0 aromatic heterocycles. The van der Waals surface area contributed by atoms with E-state index in [1.165, 1.54) is 11.8 Å². The van der Waals surface area contributed by atoms with Crippen molar-refractivity contribution in [2.45, 2.75) is 57.2 Å². The van der Waals surface area contributed by atoms with Crippen LogP contribution < -0.4 is 0 Å². The highest BCUT2D eigenvalue weighted by Gasteiger charge is 2.39. The number of hydrogen-bond acceptors (Lipinski definition) is 5. The molecule has 1 saturated carbocycles. The smallest absolute Gasteiger partial charge is 0.320 e. The van der Waals surface area contributed by atoms with Crippen LogP contribution in [0, 0.1) is 0 Å². The summed E-state index contributed by atoms with van der Waals surface area (Å²) in [5.74, 6) is -0.964. The molecule has 9 heteroatoms. The second-order valence-corrected chi connectivity index (χ2v) is 8.95. The minimum Gasteiger partial charge on any atom is -0.480 e. The fourth-order valence-corrected chi connectivity index (χ4v) is 5.21. The van der Waals surface area contributed by atoms with Crippen molar-refractivity contribution >= 4 is 34.1 Å². The number of sulfone groups is 1. The summed E-state index contributed by atoms with van der Waals surface area (Å²) < 4.78 is 23.6. The van der Waals surface area contributed by atoms with Crippen LogP contribution in [0.4, 0.5) is 0 Å². The maximum Gasteiger partial charge on any atom is 0.320 e. The SMILES string of the molecule is CC(C(=O)O)N(C)CC(=O)N(C1CCCC1)C1CCS(=O)(=O)C1.Cl. The molecule has 1 saturated heterocycles. The molecule has 0 spiro atoms. The van der Waals surface area contributed by atoms with Gasteiger partial charge in [0.2, 0.25) is 5.91 Å². The van der Waals surface area contributed by atoms with E-state index in [1.807, 2.05) is 0 Å². The quantitative estimate of drug-likeness (QED) is 0.729. The van der Waals surface area contributed by atoms with E-state index in [1.54, 1.807) is 11.9 Å². The summed E-state index contributed by atoms with van der Waals surface area (Å²) in [6.45, 7) is 1.54. The van der Waals surface area contributed by atoms with E-state index in [0.29, 0.717) is 6.42 Å². The number of carbonyl (C=O) groups is 2. The maximum atomic E-state index is 12.8. The van der Waals surface area contributed by atoms with Crippen molar-refractivity contribution in [3.05, 3.63) is 0 Å². The molecule has 1 heterocycles. The van der Waals surface area contributed by atoms with E-state index in [2.05, 4.69) is 0 Å². The van der Waals surface area contributed by atoms with Crippen LogP contribution in [-0.2, 0) is 19.4 Å². The number of carbonyl (C=O) groups excluding carboxylic acids is 1. The molecule has 1 N–H and O–H groups in total. The fourth-order valence-electron chi connectivity index (χ4n) is 3.50. The summed E-state index contributed by atoms with van der Waals surface area (Å²) in [5, 5.41) is 9.05. The van der Waals surface area contributed by atoms with Crippen molar-refractivity contribution in [3.8, 4) is 0 Å². The second-order valence-electron chi connectivity index (χ2n) is 6.73. The molecule has 2 atom stereocenters. The Bertz CT molecular complexity index is 562. The molecular weight excluding hydrogens is 356 g/mol. The van der Waals surface area contributed by atoms with Gasteiger partial charge in [0.25, 0.3) is 0 Å². The number of likely N-dealkylation sites (N-methyl/N-ethyl adjacent to an activating group) is 1. The number of halogens is 1. The molecule has 2 unspecified atom stereocenters. The Morgan fingerprint density at radius 2 is 1.75 bits per heavy atom. The molecule has 0 radical (unpaired) electrons. The molecule has 0 aromatic rings. The average Bonchev–Trinajstić information content (AvgIpc) is 3.08. The third-order valence-electron chi connectivity index (χ3n) is 5.01. The molecule has 1 amide bonds. The van der Waals surface area contributed by atoms with E-state index in [4.69, 9.17) is 5.11 Å². The van der Waals surface area contributed by atoms with Gasteiger partial charge in [0.05, 0.1) is 18.1 Å². The van der Waals surface area contributed by atoms with Crippen molar-refractivity contribution in [1.29, 1.82) is 0 Å². The Labute approximate surface area is 149 Å². The van der Waals surface area contributed by atoms with E-state index in [0.717, 1.165) is 25.7 Å². The molecule has 0 aromatic carbocycles. The van der Waals surface area contributed by atoms with Crippen molar-refractivity contribution in [2.75, 3.05) is 25.1 Å². The van der Waals surface area contributed by atoms with Gasteiger partial charge >= 0.3 is 5.97 Å². The van der Waals surface area contributed by atoms with Crippen LogP contribution in [0.5, 0.6) is 0 Å². The van der Waals surface area contributed by atoms with E-state index in [9.17, 15) is 18.0 Å². The number of aliphatic carboxylic acids is 1. The third-order valence-corrected chi connectivity index (χ3v) is 6.76. The summed E-state index contributed by atoms with van der Waals surface area (Å²) in [6.07, 6.45) is 4.40. The first-order valence-electron chi connectivity index (χ1n) is 8.16. The van der Waals surface area contributed by atoms with Gasteiger partial charge in [0.1, 0.15) is 6.04 Å². The van der Waals surface area contributed by atoms with Crippen molar-refractivity contribution in [1.82, 2.24) is 9.80 Å². The van der Waals surface area contributed by atoms with Crippen molar-refractivity contribution in [2.24, 2.45) is 0 Å². The highest BCUT2D eigenvalue weighted by molar-refractivity contribution is 7.91. The number of carboxylic acid groups (broad SMARTS) is 1. The summed E-state index contributed by atoms with van der Waals surface area (Å²) in [4.78, 5) is 27.1. The largest absolute Gasteiger partial charge is 0.480 e. The van der Waals surface area contributed by atoms with Crippen LogP contribution in [0.3, 0.4) is 0 Å².